The number of carbonyl (C=O) groups excluding carboxylic acids is 1. The van der Waals surface area contributed by atoms with Crippen LogP contribution in [0.1, 0.15) is 18.9 Å². The van der Waals surface area contributed by atoms with Gasteiger partial charge in [-0.1, -0.05) is 41.9 Å². The molecule has 1 aromatic heterocycles. The molecule has 0 aliphatic carbocycles. The topological polar surface area (TPSA) is 51.2 Å². The van der Waals surface area contributed by atoms with Crippen LogP contribution in [0.4, 0.5) is 0 Å². The van der Waals surface area contributed by atoms with Crippen molar-refractivity contribution in [2.24, 2.45) is 0 Å². The summed E-state index contributed by atoms with van der Waals surface area (Å²) in [5.41, 5.74) is 1.92. The summed E-state index contributed by atoms with van der Waals surface area (Å²) in [5.74, 6) is 0.404. The van der Waals surface area contributed by atoms with Crippen molar-refractivity contribution in [1.82, 2.24) is 10.3 Å². The maximum absolute atomic E-state index is 12.2. The summed E-state index contributed by atoms with van der Waals surface area (Å²) < 4.78 is 5.67. The number of fused-ring (bicyclic) bond motifs is 1. The van der Waals surface area contributed by atoms with E-state index in [-0.39, 0.29) is 18.6 Å². The van der Waals surface area contributed by atoms with E-state index in [1.54, 1.807) is 18.3 Å². The Morgan fingerprint density at radius 1 is 1.15 bits per heavy atom. The van der Waals surface area contributed by atoms with Crippen LogP contribution >= 0.6 is 11.6 Å². The van der Waals surface area contributed by atoms with E-state index in [1.165, 1.54) is 5.56 Å². The Morgan fingerprint density at radius 2 is 1.96 bits per heavy atom. The minimum atomic E-state index is -0.149. The number of rotatable bonds is 7. The monoisotopic (exact) mass is 368 g/mol. The average molecular weight is 369 g/mol. The van der Waals surface area contributed by atoms with E-state index >= 15 is 0 Å². The van der Waals surface area contributed by atoms with Crippen molar-refractivity contribution in [3.8, 4) is 5.75 Å². The second-order valence-corrected chi connectivity index (χ2v) is 6.63. The highest BCUT2D eigenvalue weighted by molar-refractivity contribution is 6.35. The van der Waals surface area contributed by atoms with Crippen LogP contribution < -0.4 is 10.1 Å². The van der Waals surface area contributed by atoms with Crippen LogP contribution in [0.15, 0.2) is 60.8 Å². The van der Waals surface area contributed by atoms with Crippen molar-refractivity contribution in [2.75, 3.05) is 6.61 Å². The number of benzene rings is 2. The first-order chi connectivity index (χ1) is 12.6. The molecule has 0 unspecified atom stereocenters. The minimum Gasteiger partial charge on any atom is -0.481 e. The van der Waals surface area contributed by atoms with E-state index < -0.39 is 0 Å². The van der Waals surface area contributed by atoms with Crippen molar-refractivity contribution in [3.63, 3.8) is 0 Å². The molecule has 134 valence electrons. The number of pyridine rings is 1. The molecule has 0 aliphatic rings. The van der Waals surface area contributed by atoms with Crippen molar-refractivity contribution in [1.29, 1.82) is 0 Å². The van der Waals surface area contributed by atoms with E-state index in [1.807, 2.05) is 37.3 Å². The molecule has 1 N–H and O–H groups in total. The Morgan fingerprint density at radius 3 is 2.77 bits per heavy atom. The van der Waals surface area contributed by atoms with Gasteiger partial charge in [0.15, 0.2) is 6.61 Å². The quantitative estimate of drug-likeness (QED) is 0.672. The maximum Gasteiger partial charge on any atom is 0.258 e. The highest BCUT2D eigenvalue weighted by Crippen LogP contribution is 2.29. The van der Waals surface area contributed by atoms with Gasteiger partial charge in [-0.05, 0) is 49.6 Å². The first-order valence-corrected chi connectivity index (χ1v) is 9.00. The highest BCUT2D eigenvalue weighted by atomic mass is 35.5. The van der Waals surface area contributed by atoms with Gasteiger partial charge in [-0.25, -0.2) is 0 Å². The molecule has 5 heteroatoms. The zero-order valence-corrected chi connectivity index (χ0v) is 15.4. The third kappa shape index (κ3) is 4.73. The van der Waals surface area contributed by atoms with E-state index in [4.69, 9.17) is 16.3 Å². The first-order valence-electron chi connectivity index (χ1n) is 8.63. The second kappa shape index (κ2) is 8.68. The molecule has 0 saturated carbocycles. The van der Waals surface area contributed by atoms with E-state index in [0.29, 0.717) is 16.3 Å². The molecular weight excluding hydrogens is 348 g/mol. The van der Waals surface area contributed by atoms with E-state index in [0.717, 1.165) is 18.2 Å². The molecule has 1 atom stereocenters. The standard InChI is InChI=1S/C21H21ClN2O2/c1-15(9-10-16-6-3-2-4-7-16)24-20(25)14-26-19-12-11-18(22)17-8-5-13-23-21(17)19/h2-8,11-13,15H,9-10,14H2,1H3,(H,24,25)/t15-/m1/s1. The number of carbonyl (C=O) groups is 1. The van der Waals surface area contributed by atoms with Gasteiger partial charge in [0.05, 0.1) is 5.02 Å². The molecule has 4 nitrogen and oxygen atoms in total. The number of halogens is 1. The number of aryl methyl sites for hydroxylation is 1. The smallest absolute Gasteiger partial charge is 0.258 e. The van der Waals surface area contributed by atoms with Gasteiger partial charge in [0, 0.05) is 17.6 Å². The predicted octanol–water partition coefficient (Wildman–Crippen LogP) is 4.40. The van der Waals surface area contributed by atoms with Crippen molar-refractivity contribution in [2.45, 2.75) is 25.8 Å². The van der Waals surface area contributed by atoms with Gasteiger partial charge in [0.1, 0.15) is 11.3 Å². The normalized spacial score (nSPS) is 11.9. The van der Waals surface area contributed by atoms with Gasteiger partial charge < -0.3 is 10.1 Å². The fourth-order valence-corrected chi connectivity index (χ4v) is 3.00. The lowest BCUT2D eigenvalue weighted by Crippen LogP contribution is -2.36. The average Bonchev–Trinajstić information content (AvgIpc) is 2.67. The Bertz CT molecular complexity index is 884. The number of ether oxygens (including phenoxy) is 1. The van der Waals surface area contributed by atoms with Gasteiger partial charge in [-0.3, -0.25) is 9.78 Å². The van der Waals surface area contributed by atoms with Gasteiger partial charge in [-0.15, -0.1) is 0 Å². The molecule has 0 fully saturated rings. The molecule has 3 aromatic rings. The second-order valence-electron chi connectivity index (χ2n) is 6.23. The molecule has 26 heavy (non-hydrogen) atoms. The van der Waals surface area contributed by atoms with E-state index in [9.17, 15) is 4.79 Å². The number of nitrogens with one attached hydrogen (secondary N) is 1. The van der Waals surface area contributed by atoms with Crippen LogP contribution in [-0.2, 0) is 11.2 Å². The van der Waals surface area contributed by atoms with Crippen LogP contribution in [-0.4, -0.2) is 23.5 Å². The summed E-state index contributed by atoms with van der Waals surface area (Å²) in [6.45, 7) is 1.95. The van der Waals surface area contributed by atoms with Crippen LogP contribution in [0.2, 0.25) is 5.02 Å². The minimum absolute atomic E-state index is 0.0526. The Kier molecular flexibility index (Phi) is 6.08. The predicted molar refractivity (Wildman–Crippen MR) is 105 cm³/mol. The number of amides is 1. The molecule has 0 radical (unpaired) electrons. The SMILES string of the molecule is C[C@H](CCc1ccccc1)NC(=O)COc1ccc(Cl)c2cccnc12. The number of nitrogens with zero attached hydrogens (tertiary/aromatic N) is 1. The highest BCUT2D eigenvalue weighted by Gasteiger charge is 2.11. The van der Waals surface area contributed by atoms with Gasteiger partial charge in [-0.2, -0.15) is 0 Å². The van der Waals surface area contributed by atoms with Gasteiger partial charge in [0.25, 0.3) is 5.91 Å². The number of hydrogen-bond donors (Lipinski definition) is 1. The molecule has 0 bridgehead atoms. The molecular formula is C21H21ClN2O2. The summed E-state index contributed by atoms with van der Waals surface area (Å²) in [5, 5.41) is 4.39. The van der Waals surface area contributed by atoms with Crippen molar-refractivity contribution in [3.05, 3.63) is 71.4 Å². The zero-order chi connectivity index (χ0) is 18.4. The molecule has 0 spiro atoms. The summed E-state index contributed by atoms with van der Waals surface area (Å²) in [7, 11) is 0. The van der Waals surface area contributed by atoms with Crippen molar-refractivity contribution < 1.29 is 9.53 Å². The van der Waals surface area contributed by atoms with Crippen LogP contribution in [0.25, 0.3) is 10.9 Å². The lowest BCUT2D eigenvalue weighted by atomic mass is 10.1. The Balaban J connectivity index is 1.52. The first kappa shape index (κ1) is 18.2. The lowest BCUT2D eigenvalue weighted by molar-refractivity contribution is -0.123. The third-order valence-electron chi connectivity index (χ3n) is 4.15. The van der Waals surface area contributed by atoms with Crippen LogP contribution in [0, 0.1) is 0 Å². The fraction of sp³-hybridized carbons (Fsp3) is 0.238. The lowest BCUT2D eigenvalue weighted by Gasteiger charge is -2.15. The van der Waals surface area contributed by atoms with Crippen LogP contribution in [0.5, 0.6) is 5.75 Å². The number of hydrogen-bond acceptors (Lipinski definition) is 3. The van der Waals surface area contributed by atoms with Gasteiger partial charge in [0.2, 0.25) is 0 Å². The van der Waals surface area contributed by atoms with Crippen molar-refractivity contribution >= 4 is 28.4 Å². The molecule has 2 aromatic carbocycles. The molecule has 0 saturated heterocycles. The zero-order valence-electron chi connectivity index (χ0n) is 14.6. The maximum atomic E-state index is 12.2. The number of aromatic nitrogens is 1. The Hall–Kier alpha value is -2.59. The molecule has 1 amide bonds. The largest absolute Gasteiger partial charge is 0.481 e. The third-order valence-corrected chi connectivity index (χ3v) is 4.48. The molecule has 0 aliphatic heterocycles. The summed E-state index contributed by atoms with van der Waals surface area (Å²) in [6, 6.07) is 17.5. The summed E-state index contributed by atoms with van der Waals surface area (Å²) in [6.07, 6.45) is 3.48. The summed E-state index contributed by atoms with van der Waals surface area (Å²) >= 11 is 6.17. The Labute approximate surface area is 158 Å². The van der Waals surface area contributed by atoms with Gasteiger partial charge >= 0.3 is 0 Å². The summed E-state index contributed by atoms with van der Waals surface area (Å²) in [4.78, 5) is 16.5. The van der Waals surface area contributed by atoms with Crippen LogP contribution in [0.3, 0.4) is 0 Å². The van der Waals surface area contributed by atoms with E-state index in [2.05, 4.69) is 22.4 Å². The fourth-order valence-electron chi connectivity index (χ4n) is 2.79. The molecule has 1 heterocycles. The molecule has 3 rings (SSSR count).